The first-order valence-corrected chi connectivity index (χ1v) is 5.77. The summed E-state index contributed by atoms with van der Waals surface area (Å²) >= 11 is 0. The highest BCUT2D eigenvalue weighted by molar-refractivity contribution is 5.80. The predicted molar refractivity (Wildman–Crippen MR) is 62.3 cm³/mol. The second-order valence-electron chi connectivity index (χ2n) is 4.24. The van der Waals surface area contributed by atoms with Crippen molar-refractivity contribution in [3.8, 4) is 0 Å². The Morgan fingerprint density at radius 3 is 3.12 bits per heavy atom. The van der Waals surface area contributed by atoms with Gasteiger partial charge in [-0.2, -0.15) is 0 Å². The Labute approximate surface area is 100 Å². The number of likely N-dealkylation sites (N-methyl/N-ethyl adjacent to an activating group) is 1. The van der Waals surface area contributed by atoms with Crippen molar-refractivity contribution in [2.75, 3.05) is 20.3 Å². The molecule has 6 heteroatoms. The van der Waals surface area contributed by atoms with Gasteiger partial charge in [0.1, 0.15) is 5.82 Å². The van der Waals surface area contributed by atoms with Crippen LogP contribution in [0.5, 0.6) is 0 Å². The van der Waals surface area contributed by atoms with Gasteiger partial charge in [0, 0.05) is 18.4 Å². The van der Waals surface area contributed by atoms with E-state index >= 15 is 0 Å². The third-order valence-electron chi connectivity index (χ3n) is 3.08. The van der Waals surface area contributed by atoms with Crippen LogP contribution in [-0.4, -0.2) is 42.2 Å². The number of ether oxygens (including phenoxy) is 1. The molecule has 0 aromatic carbocycles. The van der Waals surface area contributed by atoms with Crippen LogP contribution in [0.15, 0.2) is 12.4 Å². The van der Waals surface area contributed by atoms with Gasteiger partial charge in [0.05, 0.1) is 25.2 Å². The summed E-state index contributed by atoms with van der Waals surface area (Å²) in [5.74, 6) is 0.640. The lowest BCUT2D eigenvalue weighted by Crippen LogP contribution is -2.43. The molecule has 2 heterocycles. The Hall–Kier alpha value is -1.40. The normalized spacial score (nSPS) is 25.8. The highest BCUT2D eigenvalue weighted by Gasteiger charge is 2.33. The van der Waals surface area contributed by atoms with Gasteiger partial charge in [-0.1, -0.05) is 0 Å². The average molecular weight is 238 g/mol. The fourth-order valence-corrected chi connectivity index (χ4v) is 2.00. The first kappa shape index (κ1) is 12.1. The van der Waals surface area contributed by atoms with Gasteiger partial charge in [0.2, 0.25) is 5.91 Å². The monoisotopic (exact) mass is 238 g/mol. The number of nitrogens with one attached hydrogen (secondary N) is 3. The summed E-state index contributed by atoms with van der Waals surface area (Å²) in [6, 6.07) is -0.0191. The summed E-state index contributed by atoms with van der Waals surface area (Å²) in [5, 5.41) is 6.03. The summed E-state index contributed by atoms with van der Waals surface area (Å²) in [6.07, 6.45) is 3.42. The van der Waals surface area contributed by atoms with Crippen LogP contribution in [0, 0.1) is 5.92 Å². The number of aromatic nitrogens is 2. The van der Waals surface area contributed by atoms with E-state index in [1.807, 2.05) is 14.0 Å². The highest BCUT2D eigenvalue weighted by Crippen LogP contribution is 2.15. The maximum atomic E-state index is 12.0. The molecule has 1 amide bonds. The van der Waals surface area contributed by atoms with Crippen LogP contribution in [0.2, 0.25) is 0 Å². The molecule has 3 atom stereocenters. The standard InChI is InChI=1S/C11H18N4O2/c1-7(10-13-3-4-14-10)15-11(16)8-5-17-6-9(8)12-2/h3-4,7-9,12H,5-6H2,1-2H3,(H,13,14)(H,15,16). The molecule has 1 aromatic rings. The SMILES string of the molecule is CNC1COCC1C(=O)NC(C)c1ncc[nH]1. The molecule has 0 saturated carbocycles. The molecule has 94 valence electrons. The van der Waals surface area contributed by atoms with E-state index in [-0.39, 0.29) is 23.9 Å². The molecule has 0 spiro atoms. The molecule has 1 aliphatic rings. The van der Waals surface area contributed by atoms with Crippen molar-refractivity contribution in [2.45, 2.75) is 19.0 Å². The summed E-state index contributed by atoms with van der Waals surface area (Å²) in [6.45, 7) is 2.97. The third kappa shape index (κ3) is 2.65. The molecular weight excluding hydrogens is 220 g/mol. The first-order valence-electron chi connectivity index (χ1n) is 5.77. The minimum Gasteiger partial charge on any atom is -0.379 e. The Balaban J connectivity index is 1.92. The molecule has 17 heavy (non-hydrogen) atoms. The van der Waals surface area contributed by atoms with Crippen LogP contribution in [-0.2, 0) is 9.53 Å². The zero-order valence-corrected chi connectivity index (χ0v) is 10.1. The summed E-state index contributed by atoms with van der Waals surface area (Å²) in [4.78, 5) is 19.2. The number of carbonyl (C=O) groups excluding carboxylic acids is 1. The smallest absolute Gasteiger partial charge is 0.227 e. The van der Waals surface area contributed by atoms with E-state index in [2.05, 4.69) is 20.6 Å². The van der Waals surface area contributed by atoms with Crippen molar-refractivity contribution < 1.29 is 9.53 Å². The zero-order valence-electron chi connectivity index (χ0n) is 10.1. The number of H-pyrrole nitrogens is 1. The highest BCUT2D eigenvalue weighted by atomic mass is 16.5. The van der Waals surface area contributed by atoms with Gasteiger partial charge < -0.3 is 20.4 Å². The maximum Gasteiger partial charge on any atom is 0.227 e. The lowest BCUT2D eigenvalue weighted by Gasteiger charge is -2.19. The lowest BCUT2D eigenvalue weighted by molar-refractivity contribution is -0.126. The van der Waals surface area contributed by atoms with E-state index in [9.17, 15) is 4.79 Å². The number of rotatable bonds is 4. The number of nitrogens with zero attached hydrogens (tertiary/aromatic N) is 1. The summed E-state index contributed by atoms with van der Waals surface area (Å²) in [5.41, 5.74) is 0. The third-order valence-corrected chi connectivity index (χ3v) is 3.08. The van der Waals surface area contributed by atoms with Crippen molar-refractivity contribution in [3.63, 3.8) is 0 Å². The number of aromatic amines is 1. The topological polar surface area (TPSA) is 79.0 Å². The minimum atomic E-state index is -0.127. The van der Waals surface area contributed by atoms with Gasteiger partial charge in [-0.25, -0.2) is 4.98 Å². The number of hydrogen-bond donors (Lipinski definition) is 3. The Morgan fingerprint density at radius 1 is 1.65 bits per heavy atom. The zero-order chi connectivity index (χ0) is 12.3. The Bertz CT molecular complexity index is 366. The quantitative estimate of drug-likeness (QED) is 0.680. The van der Waals surface area contributed by atoms with E-state index in [0.29, 0.717) is 13.2 Å². The molecule has 6 nitrogen and oxygen atoms in total. The largest absolute Gasteiger partial charge is 0.379 e. The molecule has 0 radical (unpaired) electrons. The molecule has 2 rings (SSSR count). The van der Waals surface area contributed by atoms with Crippen molar-refractivity contribution in [1.82, 2.24) is 20.6 Å². The molecule has 0 bridgehead atoms. The molecule has 1 saturated heterocycles. The minimum absolute atomic E-state index is 0.00532. The number of imidazole rings is 1. The van der Waals surface area contributed by atoms with Crippen molar-refractivity contribution in [2.24, 2.45) is 5.92 Å². The maximum absolute atomic E-state index is 12.0. The number of hydrogen-bond acceptors (Lipinski definition) is 4. The van der Waals surface area contributed by atoms with E-state index in [1.54, 1.807) is 12.4 Å². The molecule has 1 fully saturated rings. The van der Waals surface area contributed by atoms with Crippen LogP contribution in [0.1, 0.15) is 18.8 Å². The van der Waals surface area contributed by atoms with E-state index < -0.39 is 0 Å². The summed E-state index contributed by atoms with van der Waals surface area (Å²) < 4.78 is 5.31. The van der Waals surface area contributed by atoms with Crippen LogP contribution >= 0.6 is 0 Å². The molecule has 3 unspecified atom stereocenters. The van der Waals surface area contributed by atoms with Gasteiger partial charge in [0.25, 0.3) is 0 Å². The van der Waals surface area contributed by atoms with E-state index in [4.69, 9.17) is 4.74 Å². The number of amides is 1. The fourth-order valence-electron chi connectivity index (χ4n) is 2.00. The fraction of sp³-hybridized carbons (Fsp3) is 0.636. The van der Waals surface area contributed by atoms with Gasteiger partial charge in [-0.05, 0) is 14.0 Å². The molecule has 1 aromatic heterocycles. The Kier molecular flexibility index (Phi) is 3.75. The predicted octanol–water partition coefficient (Wildman–Crippen LogP) is -0.179. The molecule has 0 aliphatic carbocycles. The van der Waals surface area contributed by atoms with E-state index in [1.165, 1.54) is 0 Å². The molecular formula is C11H18N4O2. The van der Waals surface area contributed by atoms with Gasteiger partial charge in [0.15, 0.2) is 0 Å². The van der Waals surface area contributed by atoms with Gasteiger partial charge >= 0.3 is 0 Å². The van der Waals surface area contributed by atoms with Crippen LogP contribution < -0.4 is 10.6 Å². The Morgan fingerprint density at radius 2 is 2.47 bits per heavy atom. The second-order valence-corrected chi connectivity index (χ2v) is 4.24. The molecule has 3 N–H and O–H groups in total. The van der Waals surface area contributed by atoms with Gasteiger partial charge in [-0.3, -0.25) is 4.79 Å². The number of carbonyl (C=O) groups is 1. The van der Waals surface area contributed by atoms with Crippen LogP contribution in [0.3, 0.4) is 0 Å². The van der Waals surface area contributed by atoms with Crippen molar-refractivity contribution in [3.05, 3.63) is 18.2 Å². The van der Waals surface area contributed by atoms with Crippen LogP contribution in [0.25, 0.3) is 0 Å². The summed E-state index contributed by atoms with van der Waals surface area (Å²) in [7, 11) is 1.84. The second kappa shape index (κ2) is 5.29. The van der Waals surface area contributed by atoms with Crippen molar-refractivity contribution >= 4 is 5.91 Å². The first-order chi connectivity index (χ1) is 8.22. The lowest BCUT2D eigenvalue weighted by atomic mass is 10.0. The van der Waals surface area contributed by atoms with Crippen molar-refractivity contribution in [1.29, 1.82) is 0 Å². The molecule has 1 aliphatic heterocycles. The van der Waals surface area contributed by atoms with Gasteiger partial charge in [-0.15, -0.1) is 0 Å². The van der Waals surface area contributed by atoms with Crippen LogP contribution in [0.4, 0.5) is 0 Å². The van der Waals surface area contributed by atoms with E-state index in [0.717, 1.165) is 5.82 Å². The average Bonchev–Trinajstić information content (AvgIpc) is 2.99.